The van der Waals surface area contributed by atoms with Crippen LogP contribution in [0.1, 0.15) is 10.4 Å². The van der Waals surface area contributed by atoms with E-state index in [0.29, 0.717) is 38.0 Å². The van der Waals surface area contributed by atoms with Crippen LogP contribution in [0.2, 0.25) is 0 Å². The first-order chi connectivity index (χ1) is 15.8. The molecule has 2 atom stereocenters. The minimum absolute atomic E-state index is 0.0366. The van der Waals surface area contributed by atoms with Crippen molar-refractivity contribution in [3.63, 3.8) is 0 Å². The predicted octanol–water partition coefficient (Wildman–Crippen LogP) is 1.61. The van der Waals surface area contributed by atoms with Gasteiger partial charge in [0.2, 0.25) is 5.96 Å². The first-order valence-corrected chi connectivity index (χ1v) is 11.2. The van der Waals surface area contributed by atoms with Gasteiger partial charge in [0.1, 0.15) is 12.3 Å². The van der Waals surface area contributed by atoms with Crippen molar-refractivity contribution in [1.82, 2.24) is 15.1 Å². The second-order valence-corrected chi connectivity index (χ2v) is 8.10. The smallest absolute Gasteiger partial charge is 0.257 e. The molecule has 0 aromatic heterocycles. The highest BCUT2D eigenvalue weighted by atomic mass is 16.5. The van der Waals surface area contributed by atoms with E-state index in [1.54, 1.807) is 0 Å². The summed E-state index contributed by atoms with van der Waals surface area (Å²) in [6, 6.07) is 19.5. The highest BCUT2D eigenvalue weighted by Crippen LogP contribution is 2.30. The van der Waals surface area contributed by atoms with Crippen LogP contribution in [0.3, 0.4) is 0 Å². The van der Waals surface area contributed by atoms with E-state index in [0.717, 1.165) is 31.9 Å². The molecule has 0 aliphatic carbocycles. The zero-order valence-electron chi connectivity index (χ0n) is 18.1. The fourth-order valence-electron chi connectivity index (χ4n) is 4.54. The summed E-state index contributed by atoms with van der Waals surface area (Å²) in [4.78, 5) is 25.1. The molecule has 2 aromatic carbocycles. The molecule has 8 heteroatoms. The molecule has 2 aromatic rings. The van der Waals surface area contributed by atoms with Crippen molar-refractivity contribution in [3.05, 3.63) is 66.2 Å². The molecule has 3 aliphatic heterocycles. The van der Waals surface area contributed by atoms with E-state index in [-0.39, 0.29) is 18.2 Å². The van der Waals surface area contributed by atoms with Gasteiger partial charge in [-0.1, -0.05) is 36.4 Å². The number of aliphatic imine (C=N–C) groups is 1. The summed E-state index contributed by atoms with van der Waals surface area (Å²) in [5, 5.41) is 3.10. The van der Waals surface area contributed by atoms with Crippen molar-refractivity contribution >= 4 is 17.6 Å². The Morgan fingerprint density at radius 2 is 1.38 bits per heavy atom. The van der Waals surface area contributed by atoms with Gasteiger partial charge in [-0.15, -0.1) is 0 Å². The van der Waals surface area contributed by atoms with Crippen molar-refractivity contribution in [2.75, 3.05) is 57.5 Å². The lowest BCUT2D eigenvalue weighted by Gasteiger charge is -2.43. The molecule has 0 saturated carbocycles. The number of hydrogen-bond donors (Lipinski definition) is 1. The van der Waals surface area contributed by atoms with Crippen molar-refractivity contribution in [2.24, 2.45) is 4.99 Å². The van der Waals surface area contributed by atoms with E-state index >= 15 is 0 Å². The zero-order chi connectivity index (χ0) is 21.8. The Labute approximate surface area is 188 Å². The van der Waals surface area contributed by atoms with Gasteiger partial charge in [0.15, 0.2) is 0 Å². The first-order valence-electron chi connectivity index (χ1n) is 11.2. The molecular weight excluding hydrogens is 406 g/mol. The number of carbonyl (C=O) groups is 1. The van der Waals surface area contributed by atoms with Gasteiger partial charge in [-0.25, -0.2) is 4.99 Å². The molecule has 0 spiro atoms. The Morgan fingerprint density at radius 1 is 0.812 bits per heavy atom. The van der Waals surface area contributed by atoms with Crippen molar-refractivity contribution in [3.8, 4) is 0 Å². The summed E-state index contributed by atoms with van der Waals surface area (Å²) in [7, 11) is 0. The molecule has 8 nitrogen and oxygen atoms in total. The molecule has 2 saturated heterocycles. The van der Waals surface area contributed by atoms with E-state index in [9.17, 15) is 4.79 Å². The second-order valence-electron chi connectivity index (χ2n) is 8.10. The molecule has 0 unspecified atom stereocenters. The molecule has 3 aliphatic rings. The summed E-state index contributed by atoms with van der Waals surface area (Å²) in [6.07, 6.45) is -0.145. The fraction of sp³-hybridized carbons (Fsp3) is 0.417. The van der Waals surface area contributed by atoms with Crippen LogP contribution < -0.4 is 10.2 Å². The highest BCUT2D eigenvalue weighted by molar-refractivity contribution is 6.12. The quantitative estimate of drug-likeness (QED) is 0.787. The average Bonchev–Trinajstić information content (AvgIpc) is 3.25. The minimum atomic E-state index is -0.159. The van der Waals surface area contributed by atoms with Gasteiger partial charge in [-0.05, 0) is 24.3 Å². The fourth-order valence-corrected chi connectivity index (χ4v) is 4.54. The van der Waals surface area contributed by atoms with E-state index in [4.69, 9.17) is 14.5 Å². The van der Waals surface area contributed by atoms with Crippen LogP contribution in [0.5, 0.6) is 0 Å². The van der Waals surface area contributed by atoms with Gasteiger partial charge in [-0.2, -0.15) is 0 Å². The topological polar surface area (TPSA) is 69.6 Å². The molecule has 32 heavy (non-hydrogen) atoms. The number of morpholine rings is 2. The van der Waals surface area contributed by atoms with Crippen molar-refractivity contribution < 1.29 is 14.3 Å². The van der Waals surface area contributed by atoms with Crippen LogP contribution in [0.15, 0.2) is 65.7 Å². The Morgan fingerprint density at radius 3 is 2.00 bits per heavy atom. The van der Waals surface area contributed by atoms with Gasteiger partial charge < -0.3 is 9.47 Å². The van der Waals surface area contributed by atoms with Crippen LogP contribution in [-0.4, -0.2) is 86.6 Å². The number of guanidine groups is 1. The van der Waals surface area contributed by atoms with Crippen LogP contribution in [-0.2, 0) is 9.47 Å². The average molecular weight is 436 g/mol. The Balaban J connectivity index is 1.51. The van der Waals surface area contributed by atoms with E-state index in [1.165, 1.54) is 0 Å². The van der Waals surface area contributed by atoms with Gasteiger partial charge in [0, 0.05) is 37.4 Å². The first kappa shape index (κ1) is 21.1. The summed E-state index contributed by atoms with van der Waals surface area (Å²) in [6.45, 7) is 6.06. The highest BCUT2D eigenvalue weighted by Gasteiger charge is 2.45. The Kier molecular flexibility index (Phi) is 6.45. The van der Waals surface area contributed by atoms with Gasteiger partial charge in [0.05, 0.1) is 26.4 Å². The van der Waals surface area contributed by atoms with E-state index in [2.05, 4.69) is 32.1 Å². The van der Waals surface area contributed by atoms with Gasteiger partial charge >= 0.3 is 0 Å². The number of rotatable bonds is 4. The number of carbonyl (C=O) groups excluding carboxylic acids is 1. The lowest BCUT2D eigenvalue weighted by atomic mass is 10.2. The molecule has 5 rings (SSSR count). The molecule has 0 radical (unpaired) electrons. The summed E-state index contributed by atoms with van der Waals surface area (Å²) < 4.78 is 11.2. The van der Waals surface area contributed by atoms with Gasteiger partial charge in [-0.3, -0.25) is 24.8 Å². The monoisotopic (exact) mass is 435 g/mol. The lowest BCUT2D eigenvalue weighted by Crippen LogP contribution is -2.61. The van der Waals surface area contributed by atoms with Crippen molar-refractivity contribution in [1.29, 1.82) is 0 Å². The molecule has 2 fully saturated rings. The third-order valence-electron chi connectivity index (χ3n) is 6.15. The van der Waals surface area contributed by atoms with E-state index in [1.807, 2.05) is 48.5 Å². The number of nitrogens with zero attached hydrogens (tertiary/aromatic N) is 4. The molecular formula is C24H29N5O3. The minimum Gasteiger partial charge on any atom is -0.379 e. The number of anilines is 1. The third kappa shape index (κ3) is 4.40. The number of para-hydroxylation sites is 1. The van der Waals surface area contributed by atoms with E-state index < -0.39 is 0 Å². The maximum absolute atomic E-state index is 13.1. The summed E-state index contributed by atoms with van der Waals surface area (Å²) in [5.74, 6) is 0.423. The molecule has 168 valence electrons. The maximum atomic E-state index is 13.1. The van der Waals surface area contributed by atoms with Gasteiger partial charge in [0.25, 0.3) is 5.91 Å². The zero-order valence-corrected chi connectivity index (χ0v) is 18.1. The van der Waals surface area contributed by atoms with Crippen LogP contribution in [0, 0.1) is 0 Å². The maximum Gasteiger partial charge on any atom is 0.257 e. The normalized spacial score (nSPS) is 24.9. The lowest BCUT2D eigenvalue weighted by molar-refractivity contribution is -0.0273. The summed E-state index contributed by atoms with van der Waals surface area (Å²) in [5.41, 5.74) is 1.62. The number of nitrogens with one attached hydrogen (secondary N) is 1. The molecule has 0 bridgehead atoms. The standard InChI is InChI=1S/C24H29N5O3/c30-22(19-7-3-1-4-8-19)26-24-25-21(27-11-15-31-16-12-27)23(28-13-17-32-18-14-28)29(24)20-9-5-2-6-10-20/h1-10,21,23H,11-18H2,(H,25,26,30)/t21-,23+/m0/s1. The number of benzene rings is 2. The number of amides is 1. The van der Waals surface area contributed by atoms with Crippen molar-refractivity contribution in [2.45, 2.75) is 12.3 Å². The van der Waals surface area contributed by atoms with Crippen LogP contribution in [0.4, 0.5) is 5.69 Å². The SMILES string of the molecule is O=C(NC1=N[C@@H](N2CCOCC2)[C@H](N2CCOCC2)N1c1ccccc1)c1ccccc1. The molecule has 1 amide bonds. The molecule has 1 N–H and O–H groups in total. The second kappa shape index (κ2) is 9.79. The number of ether oxygens (including phenoxy) is 2. The Bertz CT molecular complexity index is 927. The largest absolute Gasteiger partial charge is 0.379 e. The van der Waals surface area contributed by atoms with Crippen LogP contribution >= 0.6 is 0 Å². The predicted molar refractivity (Wildman–Crippen MR) is 123 cm³/mol. The Hall–Kier alpha value is -2.78. The number of hydrogen-bond acceptors (Lipinski definition) is 7. The molecule has 3 heterocycles. The third-order valence-corrected chi connectivity index (χ3v) is 6.15. The summed E-state index contributed by atoms with van der Waals surface area (Å²) >= 11 is 0. The van der Waals surface area contributed by atoms with Crippen LogP contribution in [0.25, 0.3) is 0 Å².